The minimum atomic E-state index is -0.0957. The number of nitrogens with zero attached hydrogens (tertiary/aromatic N) is 4. The van der Waals surface area contributed by atoms with E-state index in [1.54, 1.807) is 0 Å². The SMILES string of the molecule is Cc1ccc(N=Nc2c(C(C)(C)C)nc3ccc(C)cn23)cc1. The molecule has 0 aliphatic carbocycles. The third-order valence-electron chi connectivity index (χ3n) is 3.75. The maximum Gasteiger partial charge on any atom is 0.183 e. The Morgan fingerprint density at radius 1 is 0.870 bits per heavy atom. The summed E-state index contributed by atoms with van der Waals surface area (Å²) in [7, 11) is 0. The van der Waals surface area contributed by atoms with Crippen molar-refractivity contribution in [1.29, 1.82) is 0 Å². The topological polar surface area (TPSA) is 42.0 Å². The van der Waals surface area contributed by atoms with E-state index >= 15 is 0 Å². The lowest BCUT2D eigenvalue weighted by Gasteiger charge is -2.15. The zero-order valence-corrected chi connectivity index (χ0v) is 14.3. The zero-order valence-electron chi connectivity index (χ0n) is 14.3. The Morgan fingerprint density at radius 3 is 2.17 bits per heavy atom. The number of imidazole rings is 1. The van der Waals surface area contributed by atoms with Crippen LogP contribution in [0.3, 0.4) is 0 Å². The minimum absolute atomic E-state index is 0.0957. The molecule has 0 saturated heterocycles. The van der Waals surface area contributed by atoms with Gasteiger partial charge in [0.25, 0.3) is 0 Å². The number of fused-ring (bicyclic) bond motifs is 1. The Bertz CT molecular complexity index is 865. The van der Waals surface area contributed by atoms with Crippen LogP contribution in [-0.4, -0.2) is 9.38 Å². The van der Waals surface area contributed by atoms with Crippen molar-refractivity contribution >= 4 is 17.2 Å². The predicted octanol–water partition coefficient (Wildman–Crippen LogP) is 5.66. The van der Waals surface area contributed by atoms with Gasteiger partial charge in [-0.2, -0.15) is 0 Å². The van der Waals surface area contributed by atoms with Gasteiger partial charge in [-0.25, -0.2) is 4.98 Å². The molecule has 118 valence electrons. The van der Waals surface area contributed by atoms with Crippen molar-refractivity contribution in [1.82, 2.24) is 9.38 Å². The molecule has 0 saturated carbocycles. The van der Waals surface area contributed by atoms with Crippen molar-refractivity contribution in [2.75, 3.05) is 0 Å². The fourth-order valence-corrected chi connectivity index (χ4v) is 2.45. The smallest absolute Gasteiger partial charge is 0.183 e. The van der Waals surface area contributed by atoms with Gasteiger partial charge in [0, 0.05) is 11.6 Å². The van der Waals surface area contributed by atoms with Crippen LogP contribution in [0.15, 0.2) is 52.8 Å². The van der Waals surface area contributed by atoms with Crippen LogP contribution >= 0.6 is 0 Å². The van der Waals surface area contributed by atoms with Crippen molar-refractivity contribution in [3.63, 3.8) is 0 Å². The average Bonchev–Trinajstić information content (AvgIpc) is 2.85. The second-order valence-corrected chi connectivity index (χ2v) is 7.00. The Morgan fingerprint density at radius 2 is 1.52 bits per heavy atom. The number of azo groups is 1. The molecular formula is C19H22N4. The molecule has 0 aliphatic rings. The lowest BCUT2D eigenvalue weighted by molar-refractivity contribution is 0.574. The molecule has 2 aromatic heterocycles. The van der Waals surface area contributed by atoms with Gasteiger partial charge in [-0.05, 0) is 37.6 Å². The van der Waals surface area contributed by atoms with Crippen molar-refractivity contribution in [3.05, 3.63) is 59.4 Å². The van der Waals surface area contributed by atoms with Gasteiger partial charge in [0.15, 0.2) is 5.82 Å². The minimum Gasteiger partial charge on any atom is -0.283 e. The molecule has 4 nitrogen and oxygen atoms in total. The highest BCUT2D eigenvalue weighted by Gasteiger charge is 2.24. The van der Waals surface area contributed by atoms with Gasteiger partial charge in [0.2, 0.25) is 0 Å². The Labute approximate surface area is 136 Å². The first kappa shape index (κ1) is 15.4. The zero-order chi connectivity index (χ0) is 16.6. The second-order valence-electron chi connectivity index (χ2n) is 7.00. The Hall–Kier alpha value is -2.49. The van der Waals surface area contributed by atoms with Gasteiger partial charge in [-0.15, -0.1) is 10.2 Å². The van der Waals surface area contributed by atoms with Gasteiger partial charge >= 0.3 is 0 Å². The lowest BCUT2D eigenvalue weighted by Crippen LogP contribution is -2.11. The summed E-state index contributed by atoms with van der Waals surface area (Å²) in [6, 6.07) is 12.1. The number of pyridine rings is 1. The quantitative estimate of drug-likeness (QED) is 0.563. The third-order valence-corrected chi connectivity index (χ3v) is 3.75. The first-order chi connectivity index (χ1) is 10.8. The number of benzene rings is 1. The average molecular weight is 306 g/mol. The van der Waals surface area contributed by atoms with Gasteiger partial charge in [0.05, 0.1) is 11.4 Å². The van der Waals surface area contributed by atoms with Gasteiger partial charge < -0.3 is 0 Å². The standard InChI is InChI=1S/C19H22N4/c1-13-6-9-15(10-7-13)21-22-18-17(19(3,4)5)20-16-11-8-14(2)12-23(16)18/h6-12H,1-5H3. The van der Waals surface area contributed by atoms with Crippen molar-refractivity contribution in [3.8, 4) is 0 Å². The van der Waals surface area contributed by atoms with Crippen LogP contribution in [0.1, 0.15) is 37.6 Å². The molecule has 0 amide bonds. The van der Waals surface area contributed by atoms with E-state index in [1.807, 2.05) is 34.7 Å². The van der Waals surface area contributed by atoms with Crippen molar-refractivity contribution < 1.29 is 0 Å². The summed E-state index contributed by atoms with van der Waals surface area (Å²) in [5.41, 5.74) is 4.99. The van der Waals surface area contributed by atoms with Crippen LogP contribution in [0.2, 0.25) is 0 Å². The van der Waals surface area contributed by atoms with Crippen molar-refractivity contribution in [2.45, 2.75) is 40.0 Å². The van der Waals surface area contributed by atoms with E-state index in [2.05, 4.69) is 57.1 Å². The fourth-order valence-electron chi connectivity index (χ4n) is 2.45. The van der Waals surface area contributed by atoms with E-state index in [0.29, 0.717) is 0 Å². The molecule has 0 N–H and O–H groups in total. The number of hydrogen-bond donors (Lipinski definition) is 0. The molecule has 0 atom stereocenters. The van der Waals surface area contributed by atoms with E-state index in [9.17, 15) is 0 Å². The molecule has 0 aliphatic heterocycles. The number of aryl methyl sites for hydroxylation is 2. The number of rotatable bonds is 2. The van der Waals surface area contributed by atoms with E-state index < -0.39 is 0 Å². The summed E-state index contributed by atoms with van der Waals surface area (Å²) in [5.74, 6) is 0.803. The maximum atomic E-state index is 4.76. The summed E-state index contributed by atoms with van der Waals surface area (Å²) in [5, 5.41) is 8.94. The molecule has 3 rings (SSSR count). The lowest BCUT2D eigenvalue weighted by atomic mass is 9.92. The molecule has 3 aromatic rings. The number of hydrogen-bond acceptors (Lipinski definition) is 3. The molecule has 0 bridgehead atoms. The molecule has 4 heteroatoms. The highest BCUT2D eigenvalue weighted by molar-refractivity contribution is 5.55. The Kier molecular flexibility index (Phi) is 3.76. The summed E-state index contributed by atoms with van der Waals surface area (Å²) in [6.45, 7) is 10.6. The van der Waals surface area contributed by atoms with E-state index in [-0.39, 0.29) is 5.41 Å². The van der Waals surface area contributed by atoms with Crippen molar-refractivity contribution in [2.24, 2.45) is 10.2 Å². The van der Waals surface area contributed by atoms with Crippen LogP contribution in [0, 0.1) is 13.8 Å². The third kappa shape index (κ3) is 3.16. The first-order valence-electron chi connectivity index (χ1n) is 7.82. The molecule has 2 heterocycles. The normalized spacial score (nSPS) is 12.4. The summed E-state index contributed by atoms with van der Waals surface area (Å²) in [4.78, 5) is 4.76. The van der Waals surface area contributed by atoms with Crippen LogP contribution in [0.4, 0.5) is 11.5 Å². The first-order valence-corrected chi connectivity index (χ1v) is 7.82. The highest BCUT2D eigenvalue weighted by atomic mass is 15.2. The predicted molar refractivity (Wildman–Crippen MR) is 94.0 cm³/mol. The number of aromatic nitrogens is 2. The van der Waals surface area contributed by atoms with E-state index in [4.69, 9.17) is 4.98 Å². The van der Waals surface area contributed by atoms with Gasteiger partial charge in [-0.1, -0.05) is 44.5 Å². The molecule has 0 radical (unpaired) electrons. The van der Waals surface area contributed by atoms with Gasteiger partial charge in [-0.3, -0.25) is 4.40 Å². The fraction of sp³-hybridized carbons (Fsp3) is 0.316. The van der Waals surface area contributed by atoms with E-state index in [0.717, 1.165) is 22.8 Å². The van der Waals surface area contributed by atoms with Gasteiger partial charge in [0.1, 0.15) is 5.65 Å². The van der Waals surface area contributed by atoms with Crippen LogP contribution in [0.25, 0.3) is 5.65 Å². The van der Waals surface area contributed by atoms with Crippen LogP contribution in [0.5, 0.6) is 0 Å². The molecule has 23 heavy (non-hydrogen) atoms. The summed E-state index contributed by atoms with van der Waals surface area (Å²) < 4.78 is 2.02. The Balaban J connectivity index is 2.14. The largest absolute Gasteiger partial charge is 0.283 e. The maximum absolute atomic E-state index is 4.76. The summed E-state index contributed by atoms with van der Waals surface area (Å²) in [6.07, 6.45) is 2.06. The highest BCUT2D eigenvalue weighted by Crippen LogP contribution is 2.33. The molecule has 0 fully saturated rings. The summed E-state index contributed by atoms with van der Waals surface area (Å²) >= 11 is 0. The van der Waals surface area contributed by atoms with Crippen LogP contribution < -0.4 is 0 Å². The molecule has 0 spiro atoms. The molecule has 1 aromatic carbocycles. The monoisotopic (exact) mass is 306 g/mol. The molecule has 0 unspecified atom stereocenters. The van der Waals surface area contributed by atoms with E-state index in [1.165, 1.54) is 11.1 Å². The second kappa shape index (κ2) is 5.61. The molecular weight excluding hydrogens is 284 g/mol. The van der Waals surface area contributed by atoms with Crippen LogP contribution in [-0.2, 0) is 5.41 Å².